The van der Waals surface area contributed by atoms with Crippen LogP contribution in [0.4, 0.5) is 17.1 Å². The van der Waals surface area contributed by atoms with Crippen molar-refractivity contribution in [2.45, 2.75) is 13.5 Å². The lowest BCUT2D eigenvalue weighted by molar-refractivity contribution is -0.115. The maximum atomic E-state index is 12.7. The highest BCUT2D eigenvalue weighted by atomic mass is 16.5. The molecule has 0 saturated heterocycles. The third-order valence-corrected chi connectivity index (χ3v) is 4.51. The number of nitrogens with one attached hydrogen (secondary N) is 1. The number of carbonyl (C=O) groups is 1. The van der Waals surface area contributed by atoms with Crippen LogP contribution in [-0.2, 0) is 11.3 Å². The first-order valence-corrected chi connectivity index (χ1v) is 9.15. The van der Waals surface area contributed by atoms with Gasteiger partial charge in [-0.3, -0.25) is 9.78 Å². The Bertz CT molecular complexity index is 1030. The zero-order chi connectivity index (χ0) is 20.6. The van der Waals surface area contributed by atoms with E-state index >= 15 is 0 Å². The molecule has 0 aliphatic heterocycles. The summed E-state index contributed by atoms with van der Waals surface area (Å²) in [6.45, 7) is 9.96. The lowest BCUT2D eigenvalue weighted by atomic mass is 10.1. The molecule has 0 fully saturated rings. The molecule has 0 aliphatic rings. The van der Waals surface area contributed by atoms with Crippen LogP contribution in [0.25, 0.3) is 4.85 Å². The van der Waals surface area contributed by atoms with E-state index in [1.54, 1.807) is 37.7 Å². The summed E-state index contributed by atoms with van der Waals surface area (Å²) in [7, 11) is 1.61. The number of pyridine rings is 1. The van der Waals surface area contributed by atoms with E-state index in [1.807, 2.05) is 48.2 Å². The van der Waals surface area contributed by atoms with Gasteiger partial charge in [-0.25, -0.2) is 4.85 Å². The van der Waals surface area contributed by atoms with Gasteiger partial charge >= 0.3 is 0 Å². The Kier molecular flexibility index (Phi) is 6.43. The molecule has 3 aromatic rings. The van der Waals surface area contributed by atoms with Gasteiger partial charge in [0, 0.05) is 24.5 Å². The lowest BCUT2D eigenvalue weighted by Gasteiger charge is -2.27. The molecule has 0 spiro atoms. The summed E-state index contributed by atoms with van der Waals surface area (Å²) in [6.07, 6.45) is 3.26. The number of ether oxygens (including phenoxy) is 1. The van der Waals surface area contributed by atoms with Gasteiger partial charge in [-0.2, -0.15) is 0 Å². The molecule has 6 heteroatoms. The number of benzene rings is 2. The van der Waals surface area contributed by atoms with E-state index in [4.69, 9.17) is 11.3 Å². The number of methoxy groups -OCH3 is 1. The number of aromatic nitrogens is 1. The first-order valence-electron chi connectivity index (χ1n) is 9.15. The molecule has 6 nitrogen and oxygen atoms in total. The molecule has 0 aliphatic carbocycles. The van der Waals surface area contributed by atoms with Gasteiger partial charge in [0.25, 0.3) is 0 Å². The fourth-order valence-electron chi connectivity index (χ4n) is 3.05. The summed E-state index contributed by atoms with van der Waals surface area (Å²) >= 11 is 0. The molecule has 29 heavy (non-hydrogen) atoms. The second kappa shape index (κ2) is 9.38. The maximum Gasteiger partial charge on any atom is 0.243 e. The Morgan fingerprint density at radius 1 is 1.21 bits per heavy atom. The van der Waals surface area contributed by atoms with Crippen LogP contribution in [-0.4, -0.2) is 24.5 Å². The molecule has 0 saturated carbocycles. The number of carbonyl (C=O) groups excluding carboxylic acids is 1. The molecule has 0 radical (unpaired) electrons. The minimum atomic E-state index is -0.166. The van der Waals surface area contributed by atoms with Crippen molar-refractivity contribution in [3.05, 3.63) is 89.5 Å². The zero-order valence-corrected chi connectivity index (χ0v) is 16.4. The van der Waals surface area contributed by atoms with E-state index < -0.39 is 0 Å². The number of aryl methyl sites for hydroxylation is 1. The van der Waals surface area contributed by atoms with Crippen molar-refractivity contribution in [2.75, 3.05) is 23.9 Å². The molecular weight excluding hydrogens is 364 g/mol. The standard InChI is InChI=1S/C23H22N4O2/c1-17-10-11-20(29-3)13-22(17)27(15-18-7-4-5-9-21(18)24-2)16-23(28)26-19-8-6-12-25-14-19/h4-14H,15-16H2,1,3H3,(H,26,28). The number of rotatable bonds is 7. The van der Waals surface area contributed by atoms with Crippen molar-refractivity contribution < 1.29 is 9.53 Å². The molecule has 146 valence electrons. The van der Waals surface area contributed by atoms with Crippen LogP contribution in [0.15, 0.2) is 67.0 Å². The number of hydrogen-bond donors (Lipinski definition) is 1. The Morgan fingerprint density at radius 3 is 2.76 bits per heavy atom. The molecule has 1 heterocycles. The molecular formula is C23H22N4O2. The SMILES string of the molecule is [C-]#[N+]c1ccccc1CN(CC(=O)Nc1cccnc1)c1cc(OC)ccc1C. The highest BCUT2D eigenvalue weighted by Gasteiger charge is 2.17. The Hall–Kier alpha value is -3.85. The predicted molar refractivity (Wildman–Crippen MR) is 114 cm³/mol. The predicted octanol–water partition coefficient (Wildman–Crippen LogP) is 4.59. The number of nitrogens with zero attached hydrogens (tertiary/aromatic N) is 3. The molecule has 1 N–H and O–H groups in total. The van der Waals surface area contributed by atoms with Crippen molar-refractivity contribution in [3.63, 3.8) is 0 Å². The van der Waals surface area contributed by atoms with Crippen LogP contribution >= 0.6 is 0 Å². The van der Waals surface area contributed by atoms with Gasteiger partial charge in [0.1, 0.15) is 5.75 Å². The van der Waals surface area contributed by atoms with Crippen LogP contribution in [0.5, 0.6) is 5.75 Å². The molecule has 0 bridgehead atoms. The van der Waals surface area contributed by atoms with Crippen molar-refractivity contribution in [2.24, 2.45) is 0 Å². The van der Waals surface area contributed by atoms with E-state index in [0.29, 0.717) is 23.7 Å². The minimum absolute atomic E-state index is 0.120. The summed E-state index contributed by atoms with van der Waals surface area (Å²) in [5, 5.41) is 2.87. The number of anilines is 2. The molecule has 3 rings (SSSR count). The van der Waals surface area contributed by atoms with Gasteiger partial charge in [-0.05, 0) is 36.2 Å². The first kappa shape index (κ1) is 19.9. The van der Waals surface area contributed by atoms with Gasteiger partial charge in [0.2, 0.25) is 5.91 Å². The van der Waals surface area contributed by atoms with Gasteiger partial charge in [0.15, 0.2) is 5.69 Å². The van der Waals surface area contributed by atoms with Crippen LogP contribution in [0.1, 0.15) is 11.1 Å². The summed E-state index contributed by atoms with van der Waals surface area (Å²) in [5.74, 6) is 0.544. The van der Waals surface area contributed by atoms with Crippen LogP contribution in [0, 0.1) is 13.5 Å². The third-order valence-electron chi connectivity index (χ3n) is 4.51. The largest absolute Gasteiger partial charge is 0.497 e. The van der Waals surface area contributed by atoms with Gasteiger partial charge in [-0.15, -0.1) is 0 Å². The summed E-state index contributed by atoms with van der Waals surface area (Å²) in [4.78, 5) is 22.3. The molecule has 2 aromatic carbocycles. The topological polar surface area (TPSA) is 58.8 Å². The Labute approximate surface area is 170 Å². The van der Waals surface area contributed by atoms with Crippen molar-refractivity contribution >= 4 is 23.0 Å². The Morgan fingerprint density at radius 2 is 2.03 bits per heavy atom. The molecule has 0 unspecified atom stereocenters. The minimum Gasteiger partial charge on any atom is -0.497 e. The highest BCUT2D eigenvalue weighted by Crippen LogP contribution is 2.29. The average molecular weight is 386 g/mol. The van der Waals surface area contributed by atoms with Crippen molar-refractivity contribution in [3.8, 4) is 5.75 Å². The van der Waals surface area contributed by atoms with Gasteiger partial charge < -0.3 is 15.0 Å². The van der Waals surface area contributed by atoms with Crippen LogP contribution in [0.3, 0.4) is 0 Å². The molecule has 1 amide bonds. The fraction of sp³-hybridized carbons (Fsp3) is 0.174. The first-order chi connectivity index (χ1) is 14.1. The Balaban J connectivity index is 1.91. The zero-order valence-electron chi connectivity index (χ0n) is 16.4. The quantitative estimate of drug-likeness (QED) is 0.603. The van der Waals surface area contributed by atoms with E-state index in [1.165, 1.54) is 0 Å². The fourth-order valence-corrected chi connectivity index (χ4v) is 3.05. The monoisotopic (exact) mass is 386 g/mol. The van der Waals surface area contributed by atoms with E-state index in [2.05, 4.69) is 15.1 Å². The molecule has 0 atom stereocenters. The number of para-hydroxylation sites is 1. The van der Waals surface area contributed by atoms with Crippen molar-refractivity contribution in [1.82, 2.24) is 4.98 Å². The smallest absolute Gasteiger partial charge is 0.243 e. The van der Waals surface area contributed by atoms with Crippen molar-refractivity contribution in [1.29, 1.82) is 0 Å². The van der Waals surface area contributed by atoms with E-state index in [-0.39, 0.29) is 12.5 Å². The van der Waals surface area contributed by atoms with E-state index in [0.717, 1.165) is 16.8 Å². The maximum absolute atomic E-state index is 12.7. The number of hydrogen-bond acceptors (Lipinski definition) is 4. The van der Waals surface area contributed by atoms with Gasteiger partial charge in [-0.1, -0.05) is 30.3 Å². The van der Waals surface area contributed by atoms with Crippen LogP contribution in [0.2, 0.25) is 0 Å². The van der Waals surface area contributed by atoms with Gasteiger partial charge in [0.05, 0.1) is 32.1 Å². The van der Waals surface area contributed by atoms with E-state index in [9.17, 15) is 4.79 Å². The second-order valence-corrected chi connectivity index (χ2v) is 6.54. The number of amides is 1. The summed E-state index contributed by atoms with van der Waals surface area (Å²) < 4.78 is 5.37. The lowest BCUT2D eigenvalue weighted by Crippen LogP contribution is -2.33. The second-order valence-electron chi connectivity index (χ2n) is 6.54. The average Bonchev–Trinajstić information content (AvgIpc) is 2.74. The molecule has 1 aromatic heterocycles. The normalized spacial score (nSPS) is 10.1. The highest BCUT2D eigenvalue weighted by molar-refractivity contribution is 5.94. The summed E-state index contributed by atoms with van der Waals surface area (Å²) in [6, 6.07) is 16.8. The van der Waals surface area contributed by atoms with Crippen LogP contribution < -0.4 is 15.0 Å². The summed E-state index contributed by atoms with van der Waals surface area (Å²) in [5.41, 5.74) is 3.97. The third kappa shape index (κ3) is 5.11.